The number of halogens is 2. The van der Waals surface area contributed by atoms with Crippen LogP contribution < -0.4 is 9.62 Å². The predicted molar refractivity (Wildman–Crippen MR) is 167 cm³/mol. The lowest BCUT2D eigenvalue weighted by Crippen LogP contribution is -2.51. The molecule has 3 rings (SSSR count). The summed E-state index contributed by atoms with van der Waals surface area (Å²) >= 11 is 12.3. The summed E-state index contributed by atoms with van der Waals surface area (Å²) in [6, 6.07) is 22.6. The number of nitrogens with one attached hydrogen (secondary N) is 1. The number of hydrogen-bond acceptors (Lipinski definition) is 4. The zero-order valence-electron chi connectivity index (χ0n) is 23.6. The molecule has 0 aliphatic heterocycles. The Balaban J connectivity index is 1.88. The molecular formula is C31H37Cl2N3O4S. The maximum absolute atomic E-state index is 13.9. The van der Waals surface area contributed by atoms with Gasteiger partial charge in [0, 0.05) is 42.5 Å². The molecule has 1 N–H and O–H groups in total. The van der Waals surface area contributed by atoms with Gasteiger partial charge in [0.25, 0.3) is 0 Å². The number of rotatable bonds is 14. The second kappa shape index (κ2) is 15.2. The van der Waals surface area contributed by atoms with Crippen LogP contribution in [-0.2, 0) is 32.6 Å². The second-order valence-corrected chi connectivity index (χ2v) is 13.2. The summed E-state index contributed by atoms with van der Waals surface area (Å²) < 4.78 is 26.4. The van der Waals surface area contributed by atoms with Gasteiger partial charge in [0.15, 0.2) is 0 Å². The Kier molecular flexibility index (Phi) is 12.1. The van der Waals surface area contributed by atoms with Gasteiger partial charge in [-0.25, -0.2) is 8.42 Å². The molecule has 3 aromatic rings. The van der Waals surface area contributed by atoms with Crippen LogP contribution in [0.2, 0.25) is 10.0 Å². The topological polar surface area (TPSA) is 86.8 Å². The Morgan fingerprint density at radius 2 is 1.51 bits per heavy atom. The van der Waals surface area contributed by atoms with Crippen molar-refractivity contribution in [2.24, 2.45) is 5.92 Å². The Morgan fingerprint density at radius 3 is 2.12 bits per heavy atom. The minimum atomic E-state index is -3.62. The molecule has 220 valence electrons. The molecule has 0 spiro atoms. The van der Waals surface area contributed by atoms with Crippen LogP contribution in [0.15, 0.2) is 78.9 Å². The van der Waals surface area contributed by atoms with Crippen LogP contribution in [0.3, 0.4) is 0 Å². The van der Waals surface area contributed by atoms with E-state index in [1.807, 2.05) is 50.2 Å². The molecule has 0 saturated heterocycles. The van der Waals surface area contributed by atoms with E-state index in [0.717, 1.165) is 17.4 Å². The van der Waals surface area contributed by atoms with Crippen molar-refractivity contribution in [2.75, 3.05) is 23.7 Å². The van der Waals surface area contributed by atoms with E-state index in [-0.39, 0.29) is 43.7 Å². The summed E-state index contributed by atoms with van der Waals surface area (Å²) in [7, 11) is -3.62. The number of benzene rings is 3. The number of sulfonamides is 1. The second-order valence-electron chi connectivity index (χ2n) is 10.4. The Bertz CT molecular complexity index is 1420. The van der Waals surface area contributed by atoms with Gasteiger partial charge in [-0.05, 0) is 53.8 Å². The molecule has 0 bridgehead atoms. The molecule has 1 atom stereocenters. The number of carbonyl (C=O) groups is 2. The summed E-state index contributed by atoms with van der Waals surface area (Å²) in [5.41, 5.74) is 2.14. The first-order chi connectivity index (χ1) is 19.4. The minimum Gasteiger partial charge on any atom is -0.354 e. The fourth-order valence-corrected chi connectivity index (χ4v) is 5.80. The van der Waals surface area contributed by atoms with Crippen molar-refractivity contribution in [3.8, 4) is 0 Å². The van der Waals surface area contributed by atoms with Crippen LogP contribution in [0.4, 0.5) is 5.69 Å². The first-order valence-corrected chi connectivity index (χ1v) is 16.1. The monoisotopic (exact) mass is 617 g/mol. The van der Waals surface area contributed by atoms with Gasteiger partial charge in [-0.1, -0.05) is 85.6 Å². The van der Waals surface area contributed by atoms with Crippen molar-refractivity contribution in [3.63, 3.8) is 0 Å². The molecule has 0 saturated carbocycles. The van der Waals surface area contributed by atoms with E-state index in [2.05, 4.69) is 5.32 Å². The van der Waals surface area contributed by atoms with E-state index in [9.17, 15) is 18.0 Å². The summed E-state index contributed by atoms with van der Waals surface area (Å²) in [6.07, 6.45) is 1.73. The standard InChI is InChI=1S/C31H37Cl2N3O4S/c1-23(2)21-34-31(38)29(19-24-10-5-4-6-11-24)35(22-25-12-7-13-26(32)18-25)30(37)16-9-17-36(41(3,39)40)28-15-8-14-27(33)20-28/h4-8,10-15,18,20,23,29H,9,16-17,19,21-22H2,1-3H3,(H,34,38)/t29-/m0/s1. The number of anilines is 1. The number of carbonyl (C=O) groups excluding carboxylic acids is 2. The third kappa shape index (κ3) is 10.4. The van der Waals surface area contributed by atoms with Crippen LogP contribution in [0.25, 0.3) is 0 Å². The molecule has 0 unspecified atom stereocenters. The fourth-order valence-electron chi connectivity index (χ4n) is 4.44. The number of nitrogens with zero attached hydrogens (tertiary/aromatic N) is 2. The minimum absolute atomic E-state index is 0.0376. The van der Waals surface area contributed by atoms with E-state index in [1.54, 1.807) is 47.4 Å². The third-order valence-corrected chi connectivity index (χ3v) is 8.11. The molecule has 0 aromatic heterocycles. The van der Waals surface area contributed by atoms with E-state index in [1.165, 1.54) is 4.31 Å². The van der Waals surface area contributed by atoms with Crippen molar-refractivity contribution >= 4 is 50.7 Å². The first-order valence-electron chi connectivity index (χ1n) is 13.5. The van der Waals surface area contributed by atoms with Gasteiger partial charge in [-0.15, -0.1) is 0 Å². The lowest BCUT2D eigenvalue weighted by atomic mass is 10.0. The van der Waals surface area contributed by atoms with E-state index < -0.39 is 16.1 Å². The summed E-state index contributed by atoms with van der Waals surface area (Å²) in [6.45, 7) is 4.75. The lowest BCUT2D eigenvalue weighted by Gasteiger charge is -2.32. The van der Waals surface area contributed by atoms with Gasteiger partial charge >= 0.3 is 0 Å². The van der Waals surface area contributed by atoms with Crippen LogP contribution in [-0.4, -0.2) is 50.5 Å². The van der Waals surface area contributed by atoms with E-state index in [0.29, 0.717) is 28.7 Å². The zero-order chi connectivity index (χ0) is 30.0. The maximum atomic E-state index is 13.9. The summed E-state index contributed by atoms with van der Waals surface area (Å²) in [5.74, 6) is -0.262. The highest BCUT2D eigenvalue weighted by molar-refractivity contribution is 7.92. The molecule has 0 heterocycles. The van der Waals surface area contributed by atoms with Crippen molar-refractivity contribution in [1.82, 2.24) is 10.2 Å². The Morgan fingerprint density at radius 1 is 0.878 bits per heavy atom. The lowest BCUT2D eigenvalue weighted by molar-refractivity contribution is -0.141. The molecule has 0 fully saturated rings. The molecule has 7 nitrogen and oxygen atoms in total. The van der Waals surface area contributed by atoms with E-state index in [4.69, 9.17) is 23.2 Å². The molecule has 10 heteroatoms. The van der Waals surface area contributed by atoms with Gasteiger partial charge in [-0.3, -0.25) is 13.9 Å². The third-order valence-electron chi connectivity index (χ3n) is 6.45. The molecule has 0 aliphatic rings. The predicted octanol–water partition coefficient (Wildman–Crippen LogP) is 5.95. The van der Waals surface area contributed by atoms with E-state index >= 15 is 0 Å². The Hall–Kier alpha value is -3.07. The quantitative estimate of drug-likeness (QED) is 0.242. The SMILES string of the molecule is CC(C)CNC(=O)[C@H](Cc1ccccc1)N(Cc1cccc(Cl)c1)C(=O)CCCN(c1cccc(Cl)c1)S(C)(=O)=O. The number of hydrogen-bond donors (Lipinski definition) is 1. The molecule has 0 aliphatic carbocycles. The van der Waals surface area contributed by atoms with Crippen molar-refractivity contribution in [3.05, 3.63) is 100 Å². The molecule has 3 aromatic carbocycles. The normalized spacial score (nSPS) is 12.1. The Labute approximate surface area is 253 Å². The average molecular weight is 619 g/mol. The van der Waals surface area contributed by atoms with Crippen molar-refractivity contribution in [1.29, 1.82) is 0 Å². The van der Waals surface area contributed by atoms with Crippen LogP contribution >= 0.6 is 23.2 Å². The van der Waals surface area contributed by atoms with Crippen LogP contribution in [0, 0.1) is 5.92 Å². The number of amides is 2. The van der Waals surface area contributed by atoms with Gasteiger partial charge < -0.3 is 10.2 Å². The van der Waals surface area contributed by atoms with Gasteiger partial charge in [0.1, 0.15) is 6.04 Å². The molecule has 2 amide bonds. The molecule has 0 radical (unpaired) electrons. The summed E-state index contributed by atoms with van der Waals surface area (Å²) in [5, 5.41) is 3.94. The highest BCUT2D eigenvalue weighted by atomic mass is 35.5. The van der Waals surface area contributed by atoms with Gasteiger partial charge in [0.05, 0.1) is 11.9 Å². The van der Waals surface area contributed by atoms with Gasteiger partial charge in [0.2, 0.25) is 21.8 Å². The maximum Gasteiger partial charge on any atom is 0.243 e. The first kappa shape index (κ1) is 32.4. The zero-order valence-corrected chi connectivity index (χ0v) is 25.9. The average Bonchev–Trinajstić information content (AvgIpc) is 2.91. The fraction of sp³-hybridized carbons (Fsp3) is 0.355. The summed E-state index contributed by atoms with van der Waals surface area (Å²) in [4.78, 5) is 29.0. The highest BCUT2D eigenvalue weighted by Crippen LogP contribution is 2.23. The smallest absolute Gasteiger partial charge is 0.243 e. The highest BCUT2D eigenvalue weighted by Gasteiger charge is 2.30. The van der Waals surface area contributed by atoms with Crippen molar-refractivity contribution < 1.29 is 18.0 Å². The van der Waals surface area contributed by atoms with Crippen LogP contribution in [0.5, 0.6) is 0 Å². The molecule has 41 heavy (non-hydrogen) atoms. The molecular weight excluding hydrogens is 581 g/mol. The largest absolute Gasteiger partial charge is 0.354 e. The van der Waals surface area contributed by atoms with Crippen LogP contribution in [0.1, 0.15) is 37.8 Å². The van der Waals surface area contributed by atoms with Gasteiger partial charge in [-0.2, -0.15) is 0 Å². The van der Waals surface area contributed by atoms with Crippen molar-refractivity contribution in [2.45, 2.75) is 45.7 Å².